The Balaban J connectivity index is 1.45. The first-order chi connectivity index (χ1) is 19.1. The SMILES string of the molecule is CC(=O)N1CC(Oc2cc3nccc(N[C@H](C)c4cccc(C(F)F)c4F)c3cc2O[C@H]2CCN(C(C)=O)C2)C1. The van der Waals surface area contributed by atoms with Gasteiger partial charge in [-0.3, -0.25) is 14.6 Å². The van der Waals surface area contributed by atoms with Crippen LogP contribution in [0.1, 0.15) is 50.8 Å². The second-order valence-corrected chi connectivity index (χ2v) is 10.2. The molecule has 40 heavy (non-hydrogen) atoms. The lowest BCUT2D eigenvalue weighted by Gasteiger charge is -2.38. The largest absolute Gasteiger partial charge is 0.485 e. The van der Waals surface area contributed by atoms with Crippen LogP contribution in [0.2, 0.25) is 0 Å². The number of hydrogen-bond acceptors (Lipinski definition) is 6. The summed E-state index contributed by atoms with van der Waals surface area (Å²) in [4.78, 5) is 31.3. The number of amides is 2. The Morgan fingerprint density at radius 3 is 2.30 bits per heavy atom. The first kappa shape index (κ1) is 27.5. The summed E-state index contributed by atoms with van der Waals surface area (Å²) < 4.78 is 53.9. The van der Waals surface area contributed by atoms with Gasteiger partial charge in [0.2, 0.25) is 11.8 Å². The Bertz CT molecular complexity index is 1430. The maximum Gasteiger partial charge on any atom is 0.266 e. The lowest BCUT2D eigenvalue weighted by molar-refractivity contribution is -0.137. The molecule has 3 heterocycles. The average molecular weight is 557 g/mol. The summed E-state index contributed by atoms with van der Waals surface area (Å²) in [5.41, 5.74) is 0.674. The fraction of sp³-hybridized carbons (Fsp3) is 0.414. The van der Waals surface area contributed by atoms with Gasteiger partial charge in [-0.05, 0) is 19.1 Å². The standard InChI is InChI=1S/C29H31F3N4O4/c1-16(21-5-4-6-22(28(21)30)29(31)32)34-24-7-9-33-25-12-27(40-20-14-36(15-20)18(3)38)26(11-23(24)25)39-19-8-10-35(13-19)17(2)37/h4-7,9,11-12,16,19-20,29H,8,10,13-15H2,1-3H3,(H,33,34)/t16-,19+/m1/s1. The summed E-state index contributed by atoms with van der Waals surface area (Å²) in [6.07, 6.45) is -1.10. The minimum Gasteiger partial charge on any atom is -0.485 e. The van der Waals surface area contributed by atoms with E-state index in [1.54, 1.807) is 41.1 Å². The molecule has 0 aliphatic carbocycles. The molecule has 2 fully saturated rings. The van der Waals surface area contributed by atoms with Gasteiger partial charge in [0.05, 0.1) is 36.8 Å². The average Bonchev–Trinajstić information content (AvgIpc) is 3.35. The van der Waals surface area contributed by atoms with Crippen LogP contribution in [0.3, 0.4) is 0 Å². The van der Waals surface area contributed by atoms with Crippen LogP contribution in [0.25, 0.3) is 10.9 Å². The highest BCUT2D eigenvalue weighted by Gasteiger charge is 2.32. The number of alkyl halides is 2. The van der Waals surface area contributed by atoms with Gasteiger partial charge in [-0.25, -0.2) is 13.2 Å². The zero-order chi connectivity index (χ0) is 28.6. The first-order valence-electron chi connectivity index (χ1n) is 13.2. The maximum atomic E-state index is 14.8. The third kappa shape index (κ3) is 5.64. The molecule has 5 rings (SSSR count). The van der Waals surface area contributed by atoms with E-state index in [9.17, 15) is 22.8 Å². The van der Waals surface area contributed by atoms with Crippen molar-refractivity contribution < 1.29 is 32.2 Å². The highest BCUT2D eigenvalue weighted by molar-refractivity contribution is 5.93. The lowest BCUT2D eigenvalue weighted by atomic mass is 10.0. The number of anilines is 1. The molecule has 0 unspecified atom stereocenters. The van der Waals surface area contributed by atoms with Gasteiger partial charge in [0.15, 0.2) is 11.5 Å². The van der Waals surface area contributed by atoms with E-state index in [2.05, 4.69) is 10.3 Å². The Morgan fingerprint density at radius 2 is 1.62 bits per heavy atom. The van der Waals surface area contributed by atoms with E-state index < -0.39 is 23.8 Å². The molecule has 1 aromatic heterocycles. The summed E-state index contributed by atoms with van der Waals surface area (Å²) >= 11 is 0. The van der Waals surface area contributed by atoms with Crippen LogP contribution in [-0.4, -0.2) is 65.0 Å². The molecule has 2 saturated heterocycles. The van der Waals surface area contributed by atoms with Gasteiger partial charge >= 0.3 is 0 Å². The topological polar surface area (TPSA) is 84.0 Å². The number of nitrogens with zero attached hydrogens (tertiary/aromatic N) is 3. The molecule has 8 nitrogen and oxygen atoms in total. The second-order valence-electron chi connectivity index (χ2n) is 10.2. The zero-order valence-corrected chi connectivity index (χ0v) is 22.5. The van der Waals surface area contributed by atoms with Crippen LogP contribution >= 0.6 is 0 Å². The van der Waals surface area contributed by atoms with Gasteiger partial charge in [0.25, 0.3) is 6.43 Å². The number of nitrogens with one attached hydrogen (secondary N) is 1. The van der Waals surface area contributed by atoms with E-state index >= 15 is 0 Å². The normalized spacial score (nSPS) is 18.1. The predicted molar refractivity (Wildman–Crippen MR) is 143 cm³/mol. The number of likely N-dealkylation sites (tertiary alicyclic amines) is 2. The number of benzene rings is 2. The van der Waals surface area contributed by atoms with E-state index in [-0.39, 0.29) is 29.6 Å². The number of ether oxygens (including phenoxy) is 2. The fourth-order valence-corrected chi connectivity index (χ4v) is 5.09. The van der Waals surface area contributed by atoms with Crippen molar-refractivity contribution in [2.45, 2.75) is 51.9 Å². The van der Waals surface area contributed by atoms with Crippen molar-refractivity contribution in [1.82, 2.24) is 14.8 Å². The van der Waals surface area contributed by atoms with Crippen molar-refractivity contribution >= 4 is 28.4 Å². The molecule has 2 aromatic carbocycles. The predicted octanol–water partition coefficient (Wildman–Crippen LogP) is 5.09. The third-order valence-electron chi connectivity index (χ3n) is 7.41. The van der Waals surface area contributed by atoms with Crippen LogP contribution < -0.4 is 14.8 Å². The number of halogens is 3. The Labute approximate surface area is 230 Å². The highest BCUT2D eigenvalue weighted by Crippen LogP contribution is 2.39. The molecule has 212 valence electrons. The van der Waals surface area contributed by atoms with Gasteiger partial charge < -0.3 is 24.6 Å². The molecule has 0 saturated carbocycles. The Kier molecular flexibility index (Phi) is 7.73. The van der Waals surface area contributed by atoms with E-state index in [1.165, 1.54) is 26.0 Å². The number of carbonyl (C=O) groups excluding carboxylic acids is 2. The van der Waals surface area contributed by atoms with Crippen LogP contribution in [0.5, 0.6) is 11.5 Å². The molecule has 2 amide bonds. The molecule has 2 atom stereocenters. The van der Waals surface area contributed by atoms with Crippen molar-refractivity contribution in [2.24, 2.45) is 0 Å². The summed E-state index contributed by atoms with van der Waals surface area (Å²) in [7, 11) is 0. The lowest BCUT2D eigenvalue weighted by Crippen LogP contribution is -2.55. The highest BCUT2D eigenvalue weighted by atomic mass is 19.3. The van der Waals surface area contributed by atoms with Crippen LogP contribution in [-0.2, 0) is 9.59 Å². The van der Waals surface area contributed by atoms with Gasteiger partial charge in [-0.1, -0.05) is 18.2 Å². The quantitative estimate of drug-likeness (QED) is 0.416. The second kappa shape index (κ2) is 11.2. The molecule has 3 aromatic rings. The molecule has 11 heteroatoms. The minimum atomic E-state index is -2.92. The Morgan fingerprint density at radius 1 is 0.975 bits per heavy atom. The minimum absolute atomic E-state index is 0.0207. The van der Waals surface area contributed by atoms with Crippen molar-refractivity contribution in [3.8, 4) is 11.5 Å². The van der Waals surface area contributed by atoms with Crippen molar-refractivity contribution in [2.75, 3.05) is 31.5 Å². The van der Waals surface area contributed by atoms with E-state index in [0.29, 0.717) is 60.7 Å². The summed E-state index contributed by atoms with van der Waals surface area (Å²) in [5, 5.41) is 3.90. The summed E-state index contributed by atoms with van der Waals surface area (Å²) in [6.45, 7) is 6.69. The number of aromatic nitrogens is 1. The van der Waals surface area contributed by atoms with Crippen molar-refractivity contribution in [3.05, 3.63) is 59.5 Å². The van der Waals surface area contributed by atoms with Crippen LogP contribution in [0.4, 0.5) is 18.9 Å². The number of carbonyl (C=O) groups is 2. The van der Waals surface area contributed by atoms with E-state index in [0.717, 1.165) is 6.07 Å². The molecular formula is C29H31F3N4O4. The third-order valence-corrected chi connectivity index (χ3v) is 7.41. The number of pyridine rings is 1. The van der Waals surface area contributed by atoms with Gasteiger partial charge in [-0.15, -0.1) is 0 Å². The first-order valence-corrected chi connectivity index (χ1v) is 13.2. The van der Waals surface area contributed by atoms with Crippen LogP contribution in [0, 0.1) is 5.82 Å². The summed E-state index contributed by atoms with van der Waals surface area (Å²) in [5.74, 6) is -0.0547. The number of rotatable bonds is 8. The maximum absolute atomic E-state index is 14.8. The molecule has 0 spiro atoms. The fourth-order valence-electron chi connectivity index (χ4n) is 5.09. The van der Waals surface area contributed by atoms with E-state index in [4.69, 9.17) is 9.47 Å². The molecule has 2 aliphatic heterocycles. The smallest absolute Gasteiger partial charge is 0.266 e. The molecule has 1 N–H and O–H groups in total. The monoisotopic (exact) mass is 556 g/mol. The van der Waals surface area contributed by atoms with Crippen molar-refractivity contribution in [1.29, 1.82) is 0 Å². The molecular weight excluding hydrogens is 525 g/mol. The van der Waals surface area contributed by atoms with Gasteiger partial charge in [-0.2, -0.15) is 0 Å². The van der Waals surface area contributed by atoms with Crippen molar-refractivity contribution in [3.63, 3.8) is 0 Å². The molecule has 2 aliphatic rings. The number of fused-ring (bicyclic) bond motifs is 1. The van der Waals surface area contributed by atoms with Gasteiger partial charge in [0, 0.05) is 55.7 Å². The van der Waals surface area contributed by atoms with Gasteiger partial charge in [0.1, 0.15) is 18.0 Å². The summed E-state index contributed by atoms with van der Waals surface area (Å²) in [6, 6.07) is 8.61. The molecule has 0 bridgehead atoms. The number of hydrogen-bond donors (Lipinski definition) is 1. The Hall–Kier alpha value is -4.02. The van der Waals surface area contributed by atoms with E-state index in [1.807, 2.05) is 0 Å². The molecule has 0 radical (unpaired) electrons. The zero-order valence-electron chi connectivity index (χ0n) is 22.5. The van der Waals surface area contributed by atoms with Crippen LogP contribution in [0.15, 0.2) is 42.6 Å².